The Balaban J connectivity index is 2.27. The monoisotopic (exact) mass is 278 g/mol. The number of thiophene rings is 2. The van der Waals surface area contributed by atoms with Crippen molar-refractivity contribution in [2.75, 3.05) is 0 Å². The Hall–Kier alpha value is -1.92. The van der Waals surface area contributed by atoms with Crippen LogP contribution in [0.4, 0.5) is 0 Å². The van der Waals surface area contributed by atoms with Gasteiger partial charge in [-0.1, -0.05) is 0 Å². The molecule has 1 aromatic carbocycles. The van der Waals surface area contributed by atoms with Gasteiger partial charge in [0.2, 0.25) is 0 Å². The van der Waals surface area contributed by atoms with E-state index in [1.165, 1.54) is 22.7 Å². The van der Waals surface area contributed by atoms with Gasteiger partial charge in [-0.25, -0.2) is 9.59 Å². The number of fused-ring (bicyclic) bond motifs is 2. The molecule has 0 spiro atoms. The Morgan fingerprint density at radius 2 is 1.22 bits per heavy atom. The van der Waals surface area contributed by atoms with E-state index < -0.39 is 11.9 Å². The average molecular weight is 278 g/mol. The van der Waals surface area contributed by atoms with Crippen LogP contribution in [0.25, 0.3) is 20.2 Å². The number of carbonyl (C=O) groups is 2. The summed E-state index contributed by atoms with van der Waals surface area (Å²) >= 11 is 2.40. The predicted molar refractivity (Wildman–Crippen MR) is 71.1 cm³/mol. The molecule has 0 amide bonds. The van der Waals surface area contributed by atoms with Crippen molar-refractivity contribution >= 4 is 54.8 Å². The van der Waals surface area contributed by atoms with Gasteiger partial charge in [-0.3, -0.25) is 0 Å². The highest BCUT2D eigenvalue weighted by Gasteiger charge is 2.12. The first-order valence-corrected chi connectivity index (χ1v) is 6.61. The third kappa shape index (κ3) is 1.66. The molecule has 0 radical (unpaired) electrons. The molecular weight excluding hydrogens is 272 g/mol. The number of rotatable bonds is 2. The van der Waals surface area contributed by atoms with Crippen LogP contribution in [0.15, 0.2) is 24.3 Å². The standard InChI is InChI=1S/C12H6O4S2/c13-11(14)9-2-5-1-6-3-10(12(15)16)18-8(6)4-7(5)17-9/h1-4H,(H,13,14)(H,15,16). The van der Waals surface area contributed by atoms with Gasteiger partial charge in [0.05, 0.1) is 0 Å². The van der Waals surface area contributed by atoms with E-state index in [-0.39, 0.29) is 0 Å². The lowest BCUT2D eigenvalue weighted by atomic mass is 10.2. The highest BCUT2D eigenvalue weighted by molar-refractivity contribution is 7.23. The van der Waals surface area contributed by atoms with Gasteiger partial charge in [-0.15, -0.1) is 22.7 Å². The molecule has 0 aliphatic heterocycles. The van der Waals surface area contributed by atoms with E-state index in [9.17, 15) is 9.59 Å². The van der Waals surface area contributed by atoms with Crippen molar-refractivity contribution < 1.29 is 19.8 Å². The van der Waals surface area contributed by atoms with Crippen molar-refractivity contribution in [3.63, 3.8) is 0 Å². The molecule has 2 heterocycles. The molecule has 0 fully saturated rings. The second-order valence-electron chi connectivity index (χ2n) is 3.76. The second kappa shape index (κ2) is 3.79. The smallest absolute Gasteiger partial charge is 0.345 e. The summed E-state index contributed by atoms with van der Waals surface area (Å²) in [4.78, 5) is 22.3. The van der Waals surface area contributed by atoms with Crippen LogP contribution in [-0.2, 0) is 0 Å². The Morgan fingerprint density at radius 1 is 0.778 bits per heavy atom. The second-order valence-corrected chi connectivity index (χ2v) is 5.93. The molecule has 2 N–H and O–H groups in total. The van der Waals surface area contributed by atoms with Crippen LogP contribution in [0.3, 0.4) is 0 Å². The summed E-state index contributed by atoms with van der Waals surface area (Å²) in [5, 5.41) is 19.5. The Morgan fingerprint density at radius 3 is 1.61 bits per heavy atom. The zero-order valence-corrected chi connectivity index (χ0v) is 10.5. The van der Waals surface area contributed by atoms with Gasteiger partial charge in [-0.2, -0.15) is 0 Å². The van der Waals surface area contributed by atoms with Gasteiger partial charge in [0.1, 0.15) is 9.75 Å². The summed E-state index contributed by atoms with van der Waals surface area (Å²) in [6.45, 7) is 0. The molecule has 0 aliphatic rings. The summed E-state index contributed by atoms with van der Waals surface area (Å²) in [5.74, 6) is -1.88. The molecule has 0 unspecified atom stereocenters. The highest BCUT2D eigenvalue weighted by Crippen LogP contribution is 2.34. The van der Waals surface area contributed by atoms with Crippen molar-refractivity contribution in [2.45, 2.75) is 0 Å². The Kier molecular flexibility index (Phi) is 2.36. The maximum Gasteiger partial charge on any atom is 0.345 e. The maximum absolute atomic E-state index is 10.9. The molecule has 18 heavy (non-hydrogen) atoms. The largest absolute Gasteiger partial charge is 0.477 e. The summed E-state index contributed by atoms with van der Waals surface area (Å²) in [5.41, 5.74) is 0. The van der Waals surface area contributed by atoms with Gasteiger partial charge < -0.3 is 10.2 Å². The van der Waals surface area contributed by atoms with Crippen LogP contribution < -0.4 is 0 Å². The number of hydrogen-bond donors (Lipinski definition) is 2. The van der Waals surface area contributed by atoms with E-state index in [1.54, 1.807) is 12.1 Å². The fraction of sp³-hybridized carbons (Fsp3) is 0. The van der Waals surface area contributed by atoms with Crippen molar-refractivity contribution in [1.82, 2.24) is 0 Å². The van der Waals surface area contributed by atoms with E-state index in [0.717, 1.165) is 20.2 Å². The van der Waals surface area contributed by atoms with Crippen LogP contribution in [0.2, 0.25) is 0 Å². The first kappa shape index (κ1) is 11.2. The lowest BCUT2D eigenvalue weighted by Gasteiger charge is -1.89. The predicted octanol–water partition coefficient (Wildman–Crippen LogP) is 3.51. The van der Waals surface area contributed by atoms with E-state index in [0.29, 0.717) is 9.75 Å². The zero-order valence-electron chi connectivity index (χ0n) is 8.84. The van der Waals surface area contributed by atoms with E-state index in [2.05, 4.69) is 0 Å². The number of hydrogen-bond acceptors (Lipinski definition) is 4. The van der Waals surface area contributed by atoms with Crippen molar-refractivity contribution in [1.29, 1.82) is 0 Å². The molecule has 0 atom stereocenters. The molecule has 0 bridgehead atoms. The van der Waals surface area contributed by atoms with Crippen LogP contribution in [-0.4, -0.2) is 22.2 Å². The third-order valence-electron chi connectivity index (χ3n) is 2.58. The molecule has 6 heteroatoms. The molecule has 4 nitrogen and oxygen atoms in total. The number of carboxylic acids is 2. The summed E-state index contributed by atoms with van der Waals surface area (Å²) in [6.07, 6.45) is 0. The SMILES string of the molecule is O=C(O)c1cc2cc3cc(C(=O)O)sc3cc2s1. The lowest BCUT2D eigenvalue weighted by Crippen LogP contribution is -1.89. The van der Waals surface area contributed by atoms with Crippen LogP contribution in [0.5, 0.6) is 0 Å². The fourth-order valence-electron chi connectivity index (χ4n) is 1.79. The molecule has 90 valence electrons. The normalized spacial score (nSPS) is 11.1. The number of aromatic carboxylic acids is 2. The Labute approximate surface area is 109 Å². The molecular formula is C12H6O4S2. The van der Waals surface area contributed by atoms with E-state index >= 15 is 0 Å². The quantitative estimate of drug-likeness (QED) is 0.752. The molecule has 3 rings (SSSR count). The molecule has 0 aliphatic carbocycles. The van der Waals surface area contributed by atoms with E-state index in [1.807, 2.05) is 12.1 Å². The minimum atomic E-state index is -0.939. The minimum Gasteiger partial charge on any atom is -0.477 e. The minimum absolute atomic E-state index is 0.293. The third-order valence-corrected chi connectivity index (χ3v) is 4.75. The summed E-state index contributed by atoms with van der Waals surface area (Å²) in [7, 11) is 0. The fourth-order valence-corrected chi connectivity index (χ4v) is 3.71. The van der Waals surface area contributed by atoms with Crippen molar-refractivity contribution in [2.24, 2.45) is 0 Å². The first-order chi connectivity index (χ1) is 8.54. The van der Waals surface area contributed by atoms with Crippen LogP contribution in [0.1, 0.15) is 19.3 Å². The van der Waals surface area contributed by atoms with Gasteiger partial charge in [0.25, 0.3) is 0 Å². The molecule has 2 aromatic heterocycles. The van der Waals surface area contributed by atoms with Crippen LogP contribution >= 0.6 is 22.7 Å². The number of benzene rings is 1. The van der Waals surface area contributed by atoms with E-state index in [4.69, 9.17) is 10.2 Å². The molecule has 0 saturated carbocycles. The highest BCUT2D eigenvalue weighted by atomic mass is 32.1. The van der Waals surface area contributed by atoms with Gasteiger partial charge in [0, 0.05) is 9.40 Å². The zero-order chi connectivity index (χ0) is 12.9. The molecule has 0 saturated heterocycles. The summed E-state index contributed by atoms with van der Waals surface area (Å²) in [6, 6.07) is 6.90. The lowest BCUT2D eigenvalue weighted by molar-refractivity contribution is 0.0691. The average Bonchev–Trinajstić information content (AvgIpc) is 2.87. The van der Waals surface area contributed by atoms with Gasteiger partial charge in [0.15, 0.2) is 0 Å². The first-order valence-electron chi connectivity index (χ1n) is 4.98. The van der Waals surface area contributed by atoms with Gasteiger partial charge >= 0.3 is 11.9 Å². The van der Waals surface area contributed by atoms with Crippen molar-refractivity contribution in [3.05, 3.63) is 34.0 Å². The van der Waals surface area contributed by atoms with Crippen LogP contribution in [0, 0.1) is 0 Å². The van der Waals surface area contributed by atoms with Gasteiger partial charge in [-0.05, 0) is 35.0 Å². The topological polar surface area (TPSA) is 74.6 Å². The summed E-state index contributed by atoms with van der Waals surface area (Å²) < 4.78 is 1.72. The Bertz CT molecular complexity index is 682. The van der Waals surface area contributed by atoms with Crippen molar-refractivity contribution in [3.8, 4) is 0 Å². The maximum atomic E-state index is 10.9. The number of carboxylic acid groups (broad SMARTS) is 2. The molecule has 3 aromatic rings.